The standard InChI is InChI=1S/C26H44O4.Na/c1-5-17-21-14-16(27)10-12-26(21,4)20-11-13-25(3)18(15(2)6-9-22(28)29)7-8-19(25)23(20)24(17)30;/h15-21,23-24,27,30H,5-14H2,1-4H3,(H,28,29);/q;+1/p-1/t15-,16-,17-,18-,19?,20?,21+,23?,24-,25-,26-;/m1./s1. The summed E-state index contributed by atoms with van der Waals surface area (Å²) in [5.41, 5.74) is 0.451. The second kappa shape index (κ2) is 9.56. The van der Waals surface area contributed by atoms with Gasteiger partial charge in [0.05, 0.1) is 12.2 Å². The Morgan fingerprint density at radius 3 is 2.32 bits per heavy atom. The van der Waals surface area contributed by atoms with E-state index >= 15 is 0 Å². The molecule has 4 saturated carbocycles. The Morgan fingerprint density at radius 2 is 1.68 bits per heavy atom. The molecule has 2 N–H and O–H groups in total. The SMILES string of the molecule is CC[C@H]1[C@@H](O)C2C3CC[C@H]([C@H](C)CCC(=O)[O-])[C@@]3(C)CCC2[C@@]2(C)CC[C@@H](O)C[C@@H]12.[Na+]. The third-order valence-corrected chi connectivity index (χ3v) is 11.0. The summed E-state index contributed by atoms with van der Waals surface area (Å²) in [5.74, 6) is 2.21. The van der Waals surface area contributed by atoms with Crippen LogP contribution in [0, 0.1) is 52.3 Å². The van der Waals surface area contributed by atoms with E-state index in [4.69, 9.17) is 0 Å². The van der Waals surface area contributed by atoms with Crippen LogP contribution in [0.4, 0.5) is 0 Å². The minimum atomic E-state index is -0.933. The first-order valence-corrected chi connectivity index (χ1v) is 12.7. The van der Waals surface area contributed by atoms with Crippen LogP contribution in [-0.4, -0.2) is 28.4 Å². The Hall–Kier alpha value is 0.390. The minimum absolute atomic E-state index is 0. The molecule has 4 rings (SSSR count). The predicted molar refractivity (Wildman–Crippen MR) is 115 cm³/mol. The summed E-state index contributed by atoms with van der Waals surface area (Å²) in [6.45, 7) is 9.39. The molecule has 11 atom stereocenters. The van der Waals surface area contributed by atoms with Crippen molar-refractivity contribution in [3.8, 4) is 0 Å². The van der Waals surface area contributed by atoms with Gasteiger partial charge >= 0.3 is 29.6 Å². The van der Waals surface area contributed by atoms with E-state index in [1.807, 2.05) is 0 Å². The molecule has 0 spiro atoms. The number of carbonyl (C=O) groups excluding carboxylic acids is 1. The van der Waals surface area contributed by atoms with Crippen molar-refractivity contribution in [3.05, 3.63) is 0 Å². The quantitative estimate of drug-likeness (QED) is 0.617. The molecule has 0 aromatic heterocycles. The van der Waals surface area contributed by atoms with Crippen LogP contribution in [-0.2, 0) is 4.79 Å². The first-order valence-electron chi connectivity index (χ1n) is 12.7. The predicted octanol–water partition coefficient (Wildman–Crippen LogP) is 0.783. The number of fused-ring (bicyclic) bond motifs is 5. The molecular weight excluding hydrogens is 399 g/mol. The van der Waals surface area contributed by atoms with Crippen LogP contribution in [0.15, 0.2) is 0 Å². The van der Waals surface area contributed by atoms with Crippen LogP contribution in [0.2, 0.25) is 0 Å². The fourth-order valence-corrected chi connectivity index (χ4v) is 9.48. The normalized spacial score (nSPS) is 49.9. The number of carboxylic acid groups (broad SMARTS) is 1. The van der Waals surface area contributed by atoms with Crippen molar-refractivity contribution in [2.75, 3.05) is 0 Å². The Kier molecular flexibility index (Phi) is 8.02. The van der Waals surface area contributed by atoms with E-state index in [1.165, 1.54) is 25.7 Å². The van der Waals surface area contributed by atoms with Crippen LogP contribution >= 0.6 is 0 Å². The maximum Gasteiger partial charge on any atom is 1.00 e. The average Bonchev–Trinajstić information content (AvgIpc) is 3.05. The molecule has 31 heavy (non-hydrogen) atoms. The number of aliphatic carboxylic acids is 1. The number of aliphatic hydroxyl groups excluding tert-OH is 2. The Balaban J connectivity index is 0.00000272. The fraction of sp³-hybridized carbons (Fsp3) is 0.962. The summed E-state index contributed by atoms with van der Waals surface area (Å²) in [4.78, 5) is 11.0. The first kappa shape index (κ1) is 26.0. The van der Waals surface area contributed by atoms with Crippen molar-refractivity contribution >= 4 is 5.97 Å². The zero-order valence-corrected chi connectivity index (χ0v) is 22.5. The second-order valence-electron chi connectivity index (χ2n) is 12.0. The number of carbonyl (C=O) groups is 1. The van der Waals surface area contributed by atoms with Gasteiger partial charge < -0.3 is 20.1 Å². The van der Waals surface area contributed by atoms with Gasteiger partial charge in [-0.3, -0.25) is 0 Å². The maximum atomic E-state index is 11.7. The van der Waals surface area contributed by atoms with Crippen molar-refractivity contribution in [1.29, 1.82) is 0 Å². The summed E-state index contributed by atoms with van der Waals surface area (Å²) in [5, 5.41) is 33.1. The van der Waals surface area contributed by atoms with E-state index in [0.717, 1.165) is 25.7 Å². The second-order valence-corrected chi connectivity index (χ2v) is 12.0. The monoisotopic (exact) mass is 442 g/mol. The number of rotatable bonds is 5. The molecule has 0 bridgehead atoms. The molecule has 0 saturated heterocycles. The van der Waals surface area contributed by atoms with E-state index in [0.29, 0.717) is 47.8 Å². The van der Waals surface area contributed by atoms with Gasteiger partial charge in [0.1, 0.15) is 0 Å². The van der Waals surface area contributed by atoms with Gasteiger partial charge in [-0.15, -0.1) is 0 Å². The number of aliphatic hydroxyl groups is 2. The third kappa shape index (κ3) is 4.20. The molecule has 0 amide bonds. The fourth-order valence-electron chi connectivity index (χ4n) is 9.48. The number of hydrogen-bond acceptors (Lipinski definition) is 4. The van der Waals surface area contributed by atoms with E-state index in [9.17, 15) is 20.1 Å². The summed E-state index contributed by atoms with van der Waals surface area (Å²) in [6, 6.07) is 0. The molecule has 0 aromatic rings. The van der Waals surface area contributed by atoms with Crippen LogP contribution in [0.3, 0.4) is 0 Å². The van der Waals surface area contributed by atoms with Gasteiger partial charge in [0.25, 0.3) is 0 Å². The molecule has 0 radical (unpaired) electrons. The van der Waals surface area contributed by atoms with Crippen LogP contribution in [0.25, 0.3) is 0 Å². The maximum absolute atomic E-state index is 11.7. The zero-order valence-electron chi connectivity index (χ0n) is 20.5. The van der Waals surface area contributed by atoms with Gasteiger partial charge in [0, 0.05) is 5.97 Å². The number of carboxylic acids is 1. The Labute approximate surface area is 211 Å². The van der Waals surface area contributed by atoms with Crippen LogP contribution < -0.4 is 34.7 Å². The number of hydrogen-bond donors (Lipinski definition) is 2. The third-order valence-electron chi connectivity index (χ3n) is 11.0. The van der Waals surface area contributed by atoms with Crippen molar-refractivity contribution in [2.45, 2.75) is 104 Å². The van der Waals surface area contributed by atoms with Crippen molar-refractivity contribution in [3.63, 3.8) is 0 Å². The summed E-state index contributed by atoms with van der Waals surface area (Å²) in [7, 11) is 0. The Morgan fingerprint density at radius 1 is 1.03 bits per heavy atom. The van der Waals surface area contributed by atoms with E-state index in [2.05, 4.69) is 27.7 Å². The molecule has 4 fully saturated rings. The van der Waals surface area contributed by atoms with Crippen molar-refractivity contribution < 1.29 is 49.7 Å². The van der Waals surface area contributed by atoms with Gasteiger partial charge in [-0.05, 0) is 110 Å². The molecule has 4 nitrogen and oxygen atoms in total. The largest absolute Gasteiger partial charge is 1.00 e. The van der Waals surface area contributed by atoms with Crippen LogP contribution in [0.5, 0.6) is 0 Å². The molecule has 3 unspecified atom stereocenters. The van der Waals surface area contributed by atoms with Gasteiger partial charge in [-0.2, -0.15) is 0 Å². The van der Waals surface area contributed by atoms with Crippen LogP contribution in [0.1, 0.15) is 91.9 Å². The van der Waals surface area contributed by atoms with Gasteiger partial charge in [-0.25, -0.2) is 0 Å². The minimum Gasteiger partial charge on any atom is -0.550 e. The summed E-state index contributed by atoms with van der Waals surface area (Å²) >= 11 is 0. The smallest absolute Gasteiger partial charge is 0.550 e. The molecule has 4 aliphatic rings. The molecule has 4 aliphatic carbocycles. The average molecular weight is 443 g/mol. The van der Waals surface area contributed by atoms with Crippen molar-refractivity contribution in [2.24, 2.45) is 52.3 Å². The van der Waals surface area contributed by atoms with Crippen molar-refractivity contribution in [1.82, 2.24) is 0 Å². The molecule has 0 aromatic carbocycles. The zero-order chi connectivity index (χ0) is 21.8. The molecule has 0 heterocycles. The molecule has 0 aliphatic heterocycles. The molecule has 172 valence electrons. The summed E-state index contributed by atoms with van der Waals surface area (Å²) < 4.78 is 0. The first-order chi connectivity index (χ1) is 14.1. The van der Waals surface area contributed by atoms with Gasteiger partial charge in [0.15, 0.2) is 0 Å². The van der Waals surface area contributed by atoms with E-state index < -0.39 is 5.97 Å². The molecule has 5 heteroatoms. The topological polar surface area (TPSA) is 80.6 Å². The van der Waals surface area contributed by atoms with Gasteiger partial charge in [-0.1, -0.05) is 34.1 Å². The van der Waals surface area contributed by atoms with Gasteiger partial charge in [0.2, 0.25) is 0 Å². The van der Waals surface area contributed by atoms with E-state index in [-0.39, 0.29) is 59.0 Å². The summed E-state index contributed by atoms with van der Waals surface area (Å²) in [6.07, 6.45) is 8.99. The molecular formula is C26H43NaO4. The van der Waals surface area contributed by atoms with E-state index in [1.54, 1.807) is 0 Å². The Bertz CT molecular complexity index is 655.